The normalized spacial score (nSPS) is 20.3. The van der Waals surface area contributed by atoms with Gasteiger partial charge in [-0.15, -0.1) is 0 Å². The predicted octanol–water partition coefficient (Wildman–Crippen LogP) is 2.43. The summed E-state index contributed by atoms with van der Waals surface area (Å²) in [7, 11) is 0. The van der Waals surface area contributed by atoms with Gasteiger partial charge in [0, 0.05) is 19.3 Å². The summed E-state index contributed by atoms with van der Waals surface area (Å²) in [6.45, 7) is 1.80. The van der Waals surface area contributed by atoms with E-state index in [2.05, 4.69) is 16.8 Å². The van der Waals surface area contributed by atoms with E-state index in [4.69, 9.17) is 10.5 Å². The SMILES string of the molecule is NC(CCc1ccsc1)C1CCOCC1. The van der Waals surface area contributed by atoms with Gasteiger partial charge in [-0.3, -0.25) is 0 Å². The molecule has 1 unspecified atom stereocenters. The fourth-order valence-electron chi connectivity index (χ4n) is 2.15. The molecule has 15 heavy (non-hydrogen) atoms. The van der Waals surface area contributed by atoms with Crippen molar-refractivity contribution in [2.75, 3.05) is 13.2 Å². The van der Waals surface area contributed by atoms with Gasteiger partial charge < -0.3 is 10.5 Å². The van der Waals surface area contributed by atoms with Gasteiger partial charge in [0.1, 0.15) is 0 Å². The van der Waals surface area contributed by atoms with E-state index in [-0.39, 0.29) is 0 Å². The fraction of sp³-hybridized carbons (Fsp3) is 0.667. The van der Waals surface area contributed by atoms with Gasteiger partial charge in [-0.25, -0.2) is 0 Å². The van der Waals surface area contributed by atoms with Crippen molar-refractivity contribution in [3.8, 4) is 0 Å². The lowest BCUT2D eigenvalue weighted by Crippen LogP contribution is -2.34. The molecule has 0 saturated carbocycles. The van der Waals surface area contributed by atoms with Crippen LogP contribution in [0, 0.1) is 5.92 Å². The predicted molar refractivity (Wildman–Crippen MR) is 64.2 cm³/mol. The number of hydrogen-bond acceptors (Lipinski definition) is 3. The number of hydrogen-bond donors (Lipinski definition) is 1. The average Bonchev–Trinajstić information content (AvgIpc) is 2.80. The monoisotopic (exact) mass is 225 g/mol. The van der Waals surface area contributed by atoms with Crippen LogP contribution in [0.1, 0.15) is 24.8 Å². The Balaban J connectivity index is 1.74. The molecule has 2 N–H and O–H groups in total. The van der Waals surface area contributed by atoms with Crippen LogP contribution in [0.3, 0.4) is 0 Å². The molecule has 0 amide bonds. The molecule has 1 aromatic heterocycles. The topological polar surface area (TPSA) is 35.2 Å². The maximum absolute atomic E-state index is 6.21. The Hall–Kier alpha value is -0.380. The van der Waals surface area contributed by atoms with Gasteiger partial charge in [0.2, 0.25) is 0 Å². The van der Waals surface area contributed by atoms with Crippen molar-refractivity contribution in [3.05, 3.63) is 22.4 Å². The second kappa shape index (κ2) is 5.64. The zero-order valence-electron chi connectivity index (χ0n) is 9.02. The molecular weight excluding hydrogens is 206 g/mol. The first-order valence-electron chi connectivity index (χ1n) is 5.70. The molecule has 2 rings (SSSR count). The molecule has 0 radical (unpaired) electrons. The highest BCUT2D eigenvalue weighted by Crippen LogP contribution is 2.21. The van der Waals surface area contributed by atoms with Crippen LogP contribution in [0.25, 0.3) is 0 Å². The smallest absolute Gasteiger partial charge is 0.0469 e. The number of aryl methyl sites for hydroxylation is 1. The first-order chi connectivity index (χ1) is 7.36. The fourth-order valence-corrected chi connectivity index (χ4v) is 2.85. The Morgan fingerprint density at radius 1 is 1.47 bits per heavy atom. The van der Waals surface area contributed by atoms with E-state index in [9.17, 15) is 0 Å². The summed E-state index contributed by atoms with van der Waals surface area (Å²) >= 11 is 1.77. The maximum Gasteiger partial charge on any atom is 0.0469 e. The minimum absolute atomic E-state index is 0.355. The van der Waals surface area contributed by atoms with Crippen LogP contribution < -0.4 is 5.73 Å². The van der Waals surface area contributed by atoms with Crippen molar-refractivity contribution >= 4 is 11.3 Å². The molecule has 1 atom stereocenters. The van der Waals surface area contributed by atoms with Crippen LogP contribution in [0.15, 0.2) is 16.8 Å². The van der Waals surface area contributed by atoms with Crippen molar-refractivity contribution in [2.45, 2.75) is 31.7 Å². The number of thiophene rings is 1. The van der Waals surface area contributed by atoms with Crippen molar-refractivity contribution in [1.29, 1.82) is 0 Å². The van der Waals surface area contributed by atoms with E-state index in [1.165, 1.54) is 5.56 Å². The molecule has 84 valence electrons. The van der Waals surface area contributed by atoms with Gasteiger partial charge in [0.15, 0.2) is 0 Å². The van der Waals surface area contributed by atoms with Gasteiger partial charge in [0.25, 0.3) is 0 Å². The molecule has 0 aliphatic carbocycles. The number of rotatable bonds is 4. The Bertz CT molecular complexity index is 267. The summed E-state index contributed by atoms with van der Waals surface area (Å²) in [5.74, 6) is 0.678. The first kappa shape index (κ1) is 11.1. The van der Waals surface area contributed by atoms with Gasteiger partial charge in [-0.2, -0.15) is 11.3 Å². The van der Waals surface area contributed by atoms with E-state index in [0.717, 1.165) is 38.9 Å². The molecule has 1 fully saturated rings. The van der Waals surface area contributed by atoms with Crippen LogP contribution in [0.5, 0.6) is 0 Å². The second-order valence-corrected chi connectivity index (χ2v) is 5.06. The lowest BCUT2D eigenvalue weighted by atomic mass is 9.89. The van der Waals surface area contributed by atoms with Crippen LogP contribution in [-0.4, -0.2) is 19.3 Å². The minimum atomic E-state index is 0.355. The Morgan fingerprint density at radius 2 is 2.27 bits per heavy atom. The molecule has 0 bridgehead atoms. The maximum atomic E-state index is 6.21. The Labute approximate surface area is 95.4 Å². The molecule has 1 aliphatic rings. The zero-order chi connectivity index (χ0) is 10.5. The van der Waals surface area contributed by atoms with Crippen LogP contribution >= 0.6 is 11.3 Å². The van der Waals surface area contributed by atoms with Crippen molar-refractivity contribution in [3.63, 3.8) is 0 Å². The zero-order valence-corrected chi connectivity index (χ0v) is 9.84. The molecule has 3 heteroatoms. The summed E-state index contributed by atoms with van der Waals surface area (Å²) in [6, 6.07) is 2.55. The average molecular weight is 225 g/mol. The minimum Gasteiger partial charge on any atom is -0.381 e. The van der Waals surface area contributed by atoms with Crippen molar-refractivity contribution in [1.82, 2.24) is 0 Å². The van der Waals surface area contributed by atoms with E-state index < -0.39 is 0 Å². The standard InChI is InChI=1S/C12H19NOS/c13-12(11-3-6-14-7-4-11)2-1-10-5-8-15-9-10/h5,8-9,11-12H,1-4,6-7,13H2. The molecule has 2 heterocycles. The van der Waals surface area contributed by atoms with Crippen molar-refractivity contribution in [2.24, 2.45) is 11.7 Å². The summed E-state index contributed by atoms with van der Waals surface area (Å²) in [5, 5.41) is 4.35. The summed E-state index contributed by atoms with van der Waals surface area (Å²) < 4.78 is 5.35. The summed E-state index contributed by atoms with van der Waals surface area (Å²) in [4.78, 5) is 0. The molecular formula is C12H19NOS. The van der Waals surface area contributed by atoms with Gasteiger partial charge >= 0.3 is 0 Å². The highest BCUT2D eigenvalue weighted by Gasteiger charge is 2.20. The largest absolute Gasteiger partial charge is 0.381 e. The van der Waals surface area contributed by atoms with Crippen LogP contribution in [0.2, 0.25) is 0 Å². The first-order valence-corrected chi connectivity index (χ1v) is 6.65. The van der Waals surface area contributed by atoms with E-state index in [0.29, 0.717) is 12.0 Å². The third kappa shape index (κ3) is 3.30. The number of ether oxygens (including phenoxy) is 1. The lowest BCUT2D eigenvalue weighted by Gasteiger charge is -2.27. The summed E-state index contributed by atoms with van der Waals surface area (Å²) in [6.07, 6.45) is 4.53. The molecule has 2 nitrogen and oxygen atoms in total. The third-order valence-corrected chi connectivity index (χ3v) is 3.95. The Kier molecular flexibility index (Phi) is 4.18. The molecule has 0 spiro atoms. The quantitative estimate of drug-likeness (QED) is 0.854. The molecule has 1 aliphatic heterocycles. The van der Waals surface area contributed by atoms with Gasteiger partial charge in [-0.05, 0) is 54.0 Å². The van der Waals surface area contributed by atoms with E-state index in [1.807, 2.05) is 0 Å². The van der Waals surface area contributed by atoms with Crippen LogP contribution in [0.4, 0.5) is 0 Å². The molecule has 0 aromatic carbocycles. The molecule has 1 saturated heterocycles. The number of nitrogens with two attached hydrogens (primary N) is 1. The van der Waals surface area contributed by atoms with Gasteiger partial charge in [-0.1, -0.05) is 0 Å². The van der Waals surface area contributed by atoms with Crippen molar-refractivity contribution < 1.29 is 4.74 Å². The highest BCUT2D eigenvalue weighted by molar-refractivity contribution is 7.07. The van der Waals surface area contributed by atoms with E-state index in [1.54, 1.807) is 11.3 Å². The second-order valence-electron chi connectivity index (χ2n) is 4.28. The molecule has 1 aromatic rings. The van der Waals surface area contributed by atoms with Crippen LogP contribution in [-0.2, 0) is 11.2 Å². The Morgan fingerprint density at radius 3 is 2.93 bits per heavy atom. The summed E-state index contributed by atoms with van der Waals surface area (Å²) in [5.41, 5.74) is 7.65. The van der Waals surface area contributed by atoms with E-state index >= 15 is 0 Å². The highest BCUT2D eigenvalue weighted by atomic mass is 32.1. The van der Waals surface area contributed by atoms with Gasteiger partial charge in [0.05, 0.1) is 0 Å². The lowest BCUT2D eigenvalue weighted by molar-refractivity contribution is 0.0576. The third-order valence-electron chi connectivity index (χ3n) is 3.22.